The number of carbonyl (C=O) groups is 1. The van der Waals surface area contributed by atoms with Crippen LogP contribution in [0.2, 0.25) is 0 Å². The van der Waals surface area contributed by atoms with E-state index < -0.39 is 0 Å². The SMILES string of the molecule is CC(=O)N[C@@]12CN(Cc3cccc(OCc4ccccn4)c3)CC[C@@H]1[C@@H](c1ccccc1)N(C)C2. The number of ether oxygens (including phenoxy) is 1. The van der Waals surface area contributed by atoms with Crippen LogP contribution >= 0.6 is 0 Å². The summed E-state index contributed by atoms with van der Waals surface area (Å²) < 4.78 is 6.00. The van der Waals surface area contributed by atoms with Crippen molar-refractivity contribution in [1.82, 2.24) is 20.1 Å². The number of rotatable bonds is 7. The summed E-state index contributed by atoms with van der Waals surface area (Å²) in [5.74, 6) is 1.27. The van der Waals surface area contributed by atoms with Crippen LogP contribution in [0.4, 0.5) is 0 Å². The zero-order chi connectivity index (χ0) is 24.3. The summed E-state index contributed by atoms with van der Waals surface area (Å²) in [7, 11) is 2.19. The summed E-state index contributed by atoms with van der Waals surface area (Å²) in [6, 6.07) is 25.2. The third kappa shape index (κ3) is 5.24. The van der Waals surface area contributed by atoms with Gasteiger partial charge >= 0.3 is 0 Å². The molecule has 1 aromatic heterocycles. The maximum Gasteiger partial charge on any atom is 0.217 e. The number of aromatic nitrogens is 1. The lowest BCUT2D eigenvalue weighted by Gasteiger charge is -2.46. The highest BCUT2D eigenvalue weighted by Gasteiger charge is 2.54. The van der Waals surface area contributed by atoms with Crippen molar-refractivity contribution in [3.8, 4) is 5.75 Å². The number of piperidine rings is 1. The van der Waals surface area contributed by atoms with Crippen molar-refractivity contribution in [3.05, 3.63) is 95.8 Å². The number of benzene rings is 2. The van der Waals surface area contributed by atoms with Crippen molar-refractivity contribution in [1.29, 1.82) is 0 Å². The Balaban J connectivity index is 1.30. The maximum atomic E-state index is 12.3. The highest BCUT2D eigenvalue weighted by Crippen LogP contribution is 2.47. The second kappa shape index (κ2) is 10.2. The maximum absolute atomic E-state index is 12.3. The fraction of sp³-hybridized carbons (Fsp3) is 0.379. The van der Waals surface area contributed by atoms with Crippen molar-refractivity contribution < 1.29 is 9.53 Å². The lowest BCUT2D eigenvalue weighted by molar-refractivity contribution is -0.122. The summed E-state index contributed by atoms with van der Waals surface area (Å²) >= 11 is 0. The van der Waals surface area contributed by atoms with Crippen LogP contribution in [0.15, 0.2) is 79.0 Å². The third-order valence-corrected chi connectivity index (χ3v) is 7.34. The molecule has 1 amide bonds. The first-order valence-electron chi connectivity index (χ1n) is 12.4. The van der Waals surface area contributed by atoms with E-state index in [0.29, 0.717) is 18.6 Å². The monoisotopic (exact) mass is 470 g/mol. The average Bonchev–Trinajstić information content (AvgIpc) is 3.14. The second-order valence-corrected chi connectivity index (χ2v) is 9.97. The van der Waals surface area contributed by atoms with Gasteiger partial charge < -0.3 is 10.1 Å². The van der Waals surface area contributed by atoms with Gasteiger partial charge in [0.05, 0.1) is 11.2 Å². The van der Waals surface area contributed by atoms with E-state index in [9.17, 15) is 4.79 Å². The van der Waals surface area contributed by atoms with Crippen LogP contribution in [-0.4, -0.2) is 52.9 Å². The molecule has 35 heavy (non-hydrogen) atoms. The fourth-order valence-corrected chi connectivity index (χ4v) is 6.10. The van der Waals surface area contributed by atoms with Gasteiger partial charge in [-0.25, -0.2) is 0 Å². The van der Waals surface area contributed by atoms with E-state index in [2.05, 4.69) is 69.6 Å². The Morgan fingerprint density at radius 1 is 1.09 bits per heavy atom. The topological polar surface area (TPSA) is 57.7 Å². The number of hydrogen-bond donors (Lipinski definition) is 1. The van der Waals surface area contributed by atoms with Crippen molar-refractivity contribution in [2.24, 2.45) is 5.92 Å². The van der Waals surface area contributed by atoms with Gasteiger partial charge in [-0.3, -0.25) is 19.6 Å². The van der Waals surface area contributed by atoms with Gasteiger partial charge in [-0.1, -0.05) is 48.5 Å². The molecular formula is C29H34N4O2. The van der Waals surface area contributed by atoms with Crippen molar-refractivity contribution >= 4 is 5.91 Å². The molecule has 2 saturated heterocycles. The number of hydrogen-bond acceptors (Lipinski definition) is 5. The zero-order valence-electron chi connectivity index (χ0n) is 20.6. The van der Waals surface area contributed by atoms with Gasteiger partial charge in [0.15, 0.2) is 0 Å². The van der Waals surface area contributed by atoms with Crippen LogP contribution in [0.1, 0.15) is 36.2 Å². The van der Waals surface area contributed by atoms with E-state index in [0.717, 1.165) is 44.0 Å². The molecule has 3 atom stereocenters. The van der Waals surface area contributed by atoms with Gasteiger partial charge in [-0.2, -0.15) is 0 Å². The smallest absolute Gasteiger partial charge is 0.217 e. The molecule has 6 heteroatoms. The van der Waals surface area contributed by atoms with Gasteiger partial charge in [0.2, 0.25) is 5.91 Å². The highest BCUT2D eigenvalue weighted by molar-refractivity contribution is 5.74. The van der Waals surface area contributed by atoms with Gasteiger partial charge in [-0.15, -0.1) is 0 Å². The molecule has 0 spiro atoms. The molecule has 3 aromatic rings. The summed E-state index contributed by atoms with van der Waals surface area (Å²) in [6.07, 6.45) is 2.83. The first-order valence-corrected chi connectivity index (χ1v) is 12.4. The first-order chi connectivity index (χ1) is 17.0. The molecule has 3 heterocycles. The molecular weight excluding hydrogens is 436 g/mol. The van der Waals surface area contributed by atoms with E-state index in [4.69, 9.17) is 4.74 Å². The van der Waals surface area contributed by atoms with Crippen molar-refractivity contribution in [3.63, 3.8) is 0 Å². The summed E-state index contributed by atoms with van der Waals surface area (Å²) in [4.78, 5) is 21.6. The van der Waals surface area contributed by atoms with Gasteiger partial charge in [-0.05, 0) is 55.4 Å². The van der Waals surface area contributed by atoms with Crippen molar-refractivity contribution in [2.45, 2.75) is 38.1 Å². The fourth-order valence-electron chi connectivity index (χ4n) is 6.10. The molecule has 1 N–H and O–H groups in total. The molecule has 182 valence electrons. The standard InChI is InChI=1S/C29H34N4O2/c1-22(34)31-29-20-32(2)28(24-10-4-3-5-11-24)27(29)14-16-33(21-29)18-23-9-8-13-26(17-23)35-19-25-12-6-7-15-30-25/h3-13,15,17,27-28H,14,16,18-21H2,1-2H3,(H,31,34)/t27-,28-,29+/m1/s1. The Labute approximate surface area is 207 Å². The molecule has 0 aliphatic carbocycles. The zero-order valence-corrected chi connectivity index (χ0v) is 20.6. The molecule has 0 radical (unpaired) electrons. The van der Waals surface area contributed by atoms with Crippen LogP contribution in [0, 0.1) is 5.92 Å². The van der Waals surface area contributed by atoms with E-state index in [-0.39, 0.29) is 11.4 Å². The number of nitrogens with zero attached hydrogens (tertiary/aromatic N) is 3. The Hall–Kier alpha value is -3.22. The minimum atomic E-state index is -0.258. The first kappa shape index (κ1) is 23.5. The van der Waals surface area contributed by atoms with Gasteiger partial charge in [0.1, 0.15) is 12.4 Å². The predicted octanol–water partition coefficient (Wildman–Crippen LogP) is 4.04. The van der Waals surface area contributed by atoms with E-state index in [1.54, 1.807) is 13.1 Å². The molecule has 2 fully saturated rings. The number of amides is 1. The third-order valence-electron chi connectivity index (χ3n) is 7.34. The lowest BCUT2D eigenvalue weighted by atomic mass is 9.75. The normalized spacial score (nSPS) is 24.6. The van der Waals surface area contributed by atoms with E-state index in [1.807, 2.05) is 30.3 Å². The quantitative estimate of drug-likeness (QED) is 0.565. The Kier molecular flexibility index (Phi) is 6.84. The summed E-state index contributed by atoms with van der Waals surface area (Å²) in [6.45, 7) is 5.61. The van der Waals surface area contributed by atoms with Crippen LogP contribution in [0.25, 0.3) is 0 Å². The minimum absolute atomic E-state index is 0.0453. The highest BCUT2D eigenvalue weighted by atomic mass is 16.5. The number of nitrogens with one attached hydrogen (secondary N) is 1. The number of carbonyl (C=O) groups excluding carboxylic acids is 1. The number of likely N-dealkylation sites (N-methyl/N-ethyl adjacent to an activating group) is 1. The molecule has 2 aromatic carbocycles. The summed E-state index contributed by atoms with van der Waals surface area (Å²) in [5.41, 5.74) is 3.20. The van der Waals surface area contributed by atoms with Crippen LogP contribution in [0.5, 0.6) is 5.75 Å². The molecule has 6 nitrogen and oxygen atoms in total. The van der Waals surface area contributed by atoms with E-state index in [1.165, 1.54) is 11.1 Å². The van der Waals surface area contributed by atoms with Crippen LogP contribution in [0.3, 0.4) is 0 Å². The lowest BCUT2D eigenvalue weighted by Crippen LogP contribution is -2.63. The Morgan fingerprint density at radius 2 is 1.91 bits per heavy atom. The molecule has 5 rings (SSSR count). The molecule has 2 aliphatic rings. The van der Waals surface area contributed by atoms with Crippen molar-refractivity contribution in [2.75, 3.05) is 26.7 Å². The van der Waals surface area contributed by atoms with Crippen LogP contribution in [-0.2, 0) is 17.9 Å². The second-order valence-electron chi connectivity index (χ2n) is 9.97. The van der Waals surface area contributed by atoms with E-state index >= 15 is 0 Å². The summed E-state index contributed by atoms with van der Waals surface area (Å²) in [5, 5.41) is 3.40. The minimum Gasteiger partial charge on any atom is -0.487 e. The van der Waals surface area contributed by atoms with Gasteiger partial charge in [0, 0.05) is 44.7 Å². The largest absolute Gasteiger partial charge is 0.487 e. The Morgan fingerprint density at radius 3 is 2.69 bits per heavy atom. The van der Waals surface area contributed by atoms with Crippen LogP contribution < -0.4 is 10.1 Å². The molecule has 0 saturated carbocycles. The molecule has 0 bridgehead atoms. The number of fused-ring (bicyclic) bond motifs is 1. The molecule has 0 unspecified atom stereocenters. The van der Waals surface area contributed by atoms with Gasteiger partial charge in [0.25, 0.3) is 0 Å². The molecule has 2 aliphatic heterocycles. The number of pyridine rings is 1. The predicted molar refractivity (Wildman–Crippen MR) is 137 cm³/mol. The number of likely N-dealkylation sites (tertiary alicyclic amines) is 2. The Bertz CT molecular complexity index is 1140. The average molecular weight is 471 g/mol.